The summed E-state index contributed by atoms with van der Waals surface area (Å²) in [6, 6.07) is 0. The quantitative estimate of drug-likeness (QED) is 0.736. The Balaban J connectivity index is 2.90. The number of carbonyl (C=O) groups is 1. The van der Waals surface area contributed by atoms with E-state index in [1.807, 2.05) is 13.8 Å². The van der Waals surface area contributed by atoms with Crippen LogP contribution in [-0.4, -0.2) is 11.1 Å². The molecule has 1 aliphatic rings. The highest BCUT2D eigenvalue weighted by molar-refractivity contribution is 5.70. The van der Waals surface area contributed by atoms with Crippen molar-refractivity contribution in [3.63, 3.8) is 0 Å². The molecule has 106 valence electrons. The second-order valence-electron chi connectivity index (χ2n) is 5.77. The first-order chi connectivity index (χ1) is 8.86. The molecular weight excluding hydrogens is 236 g/mol. The molecule has 1 aliphatic carbocycles. The van der Waals surface area contributed by atoms with Gasteiger partial charge in [-0.05, 0) is 50.5 Å². The highest BCUT2D eigenvalue weighted by Gasteiger charge is 2.23. The van der Waals surface area contributed by atoms with Crippen LogP contribution in [0.3, 0.4) is 0 Å². The van der Waals surface area contributed by atoms with Crippen molar-refractivity contribution in [1.29, 1.82) is 0 Å². The lowest BCUT2D eigenvalue weighted by Crippen LogP contribution is -2.20. The second-order valence-corrected chi connectivity index (χ2v) is 5.77. The molecule has 1 rings (SSSR count). The number of rotatable bonds is 5. The van der Waals surface area contributed by atoms with Crippen LogP contribution >= 0.6 is 0 Å². The summed E-state index contributed by atoms with van der Waals surface area (Å²) < 4.78 is 0. The van der Waals surface area contributed by atoms with Gasteiger partial charge >= 0.3 is 5.97 Å². The third-order valence-corrected chi connectivity index (χ3v) is 4.23. The molecule has 0 amide bonds. The molecule has 0 aromatic heterocycles. The first kappa shape index (κ1) is 15.7. The van der Waals surface area contributed by atoms with Crippen molar-refractivity contribution in [2.45, 2.75) is 47.0 Å². The predicted molar refractivity (Wildman–Crippen MR) is 80.0 cm³/mol. The van der Waals surface area contributed by atoms with Gasteiger partial charge in [0.1, 0.15) is 0 Å². The fourth-order valence-corrected chi connectivity index (χ4v) is 2.74. The highest BCUT2D eigenvalue weighted by Crippen LogP contribution is 2.34. The Kier molecular flexibility index (Phi) is 5.59. The van der Waals surface area contributed by atoms with Crippen LogP contribution in [0.1, 0.15) is 47.0 Å². The molecule has 19 heavy (non-hydrogen) atoms. The Morgan fingerprint density at radius 2 is 2.26 bits per heavy atom. The number of hydrogen-bond donors (Lipinski definition) is 1. The average molecular weight is 262 g/mol. The normalized spacial score (nSPS) is 24.7. The van der Waals surface area contributed by atoms with Gasteiger partial charge in [-0.15, -0.1) is 0 Å². The smallest absolute Gasteiger partial charge is 0.307 e. The van der Waals surface area contributed by atoms with E-state index in [0.29, 0.717) is 12.3 Å². The standard InChI is InChI=1S/C17H26O2/c1-6-16(17(18)19)13(5)9-15-10-14(11(2)3)8-7-12(15)4/h7,9,13-14,16H,2,6,8,10H2,1,3-5H3,(H,18,19)/b15-9-/t13-,14?,16-/m1/s1. The lowest BCUT2D eigenvalue weighted by molar-refractivity contribution is -0.142. The Hall–Kier alpha value is -1.31. The number of allylic oxidation sites excluding steroid dienone is 5. The minimum Gasteiger partial charge on any atom is -0.481 e. The molecule has 0 radical (unpaired) electrons. The summed E-state index contributed by atoms with van der Waals surface area (Å²) in [5, 5.41) is 9.22. The van der Waals surface area contributed by atoms with E-state index in [-0.39, 0.29) is 11.8 Å². The van der Waals surface area contributed by atoms with E-state index in [9.17, 15) is 9.90 Å². The molecule has 0 heterocycles. The van der Waals surface area contributed by atoms with Crippen LogP contribution in [0.15, 0.2) is 35.5 Å². The zero-order chi connectivity index (χ0) is 14.6. The maximum absolute atomic E-state index is 11.2. The topological polar surface area (TPSA) is 37.3 Å². The van der Waals surface area contributed by atoms with Crippen LogP contribution in [0, 0.1) is 17.8 Å². The maximum Gasteiger partial charge on any atom is 0.307 e. The third kappa shape index (κ3) is 4.09. The maximum atomic E-state index is 11.2. The molecule has 0 saturated heterocycles. The van der Waals surface area contributed by atoms with Gasteiger partial charge in [0.25, 0.3) is 0 Å². The Morgan fingerprint density at radius 3 is 2.74 bits per heavy atom. The van der Waals surface area contributed by atoms with Gasteiger partial charge in [-0.3, -0.25) is 4.79 Å². The van der Waals surface area contributed by atoms with Crippen LogP contribution < -0.4 is 0 Å². The van der Waals surface area contributed by atoms with Crippen molar-refractivity contribution in [2.24, 2.45) is 17.8 Å². The third-order valence-electron chi connectivity index (χ3n) is 4.23. The monoisotopic (exact) mass is 262 g/mol. The van der Waals surface area contributed by atoms with Gasteiger partial charge in [0, 0.05) is 0 Å². The summed E-state index contributed by atoms with van der Waals surface area (Å²) in [4.78, 5) is 11.2. The van der Waals surface area contributed by atoms with Gasteiger partial charge in [-0.25, -0.2) is 0 Å². The van der Waals surface area contributed by atoms with Crippen LogP contribution in [0.4, 0.5) is 0 Å². The molecule has 2 nitrogen and oxygen atoms in total. The summed E-state index contributed by atoms with van der Waals surface area (Å²) in [7, 11) is 0. The SMILES string of the molecule is C=C(C)C1CC=C(C)/C(=C\[C@@H](C)[C@@H](CC)C(=O)O)C1. The van der Waals surface area contributed by atoms with Crippen molar-refractivity contribution >= 4 is 5.97 Å². The molecule has 3 atom stereocenters. The van der Waals surface area contributed by atoms with Crippen molar-refractivity contribution < 1.29 is 9.90 Å². The molecule has 0 aromatic rings. The summed E-state index contributed by atoms with van der Waals surface area (Å²) in [5.74, 6) is -0.400. The molecule has 1 unspecified atom stereocenters. The first-order valence-corrected chi connectivity index (χ1v) is 7.12. The van der Waals surface area contributed by atoms with Crippen molar-refractivity contribution in [3.05, 3.63) is 35.5 Å². The Labute approximate surface area is 116 Å². The van der Waals surface area contributed by atoms with E-state index in [1.54, 1.807) is 0 Å². The minimum absolute atomic E-state index is 0.0738. The number of carboxylic acid groups (broad SMARTS) is 1. The average Bonchev–Trinajstić information content (AvgIpc) is 2.31. The fraction of sp³-hybridized carbons (Fsp3) is 0.588. The zero-order valence-corrected chi connectivity index (χ0v) is 12.6. The van der Waals surface area contributed by atoms with Crippen molar-refractivity contribution in [1.82, 2.24) is 0 Å². The van der Waals surface area contributed by atoms with Crippen LogP contribution in [0.5, 0.6) is 0 Å². The molecule has 0 fully saturated rings. The van der Waals surface area contributed by atoms with Crippen LogP contribution in [0.25, 0.3) is 0 Å². The lowest BCUT2D eigenvalue weighted by atomic mass is 9.80. The number of hydrogen-bond acceptors (Lipinski definition) is 1. The van der Waals surface area contributed by atoms with Crippen LogP contribution in [0.2, 0.25) is 0 Å². The van der Waals surface area contributed by atoms with Gasteiger partial charge in [-0.1, -0.05) is 43.7 Å². The minimum atomic E-state index is -0.694. The first-order valence-electron chi connectivity index (χ1n) is 7.12. The van der Waals surface area contributed by atoms with Gasteiger partial charge < -0.3 is 5.11 Å². The van der Waals surface area contributed by atoms with E-state index >= 15 is 0 Å². The van der Waals surface area contributed by atoms with E-state index in [0.717, 1.165) is 12.8 Å². The van der Waals surface area contributed by atoms with Gasteiger partial charge in [0.15, 0.2) is 0 Å². The van der Waals surface area contributed by atoms with E-state index in [2.05, 4.69) is 32.6 Å². The Bertz CT molecular complexity index is 415. The molecule has 0 aliphatic heterocycles. The molecular formula is C17H26O2. The molecule has 0 spiro atoms. The van der Waals surface area contributed by atoms with Gasteiger partial charge in [0.05, 0.1) is 5.92 Å². The van der Waals surface area contributed by atoms with E-state index < -0.39 is 5.97 Å². The van der Waals surface area contributed by atoms with Crippen LogP contribution in [-0.2, 0) is 4.79 Å². The highest BCUT2D eigenvalue weighted by atomic mass is 16.4. The summed E-state index contributed by atoms with van der Waals surface area (Å²) in [5.41, 5.74) is 3.81. The molecule has 0 aromatic carbocycles. The van der Waals surface area contributed by atoms with E-state index in [4.69, 9.17) is 0 Å². The number of carboxylic acids is 1. The van der Waals surface area contributed by atoms with Gasteiger partial charge in [0.2, 0.25) is 0 Å². The molecule has 1 N–H and O–H groups in total. The summed E-state index contributed by atoms with van der Waals surface area (Å²) >= 11 is 0. The van der Waals surface area contributed by atoms with E-state index in [1.165, 1.54) is 16.7 Å². The van der Waals surface area contributed by atoms with Crippen molar-refractivity contribution in [2.75, 3.05) is 0 Å². The summed E-state index contributed by atoms with van der Waals surface area (Å²) in [6.45, 7) is 12.2. The molecule has 0 saturated carbocycles. The number of aliphatic carboxylic acids is 1. The fourth-order valence-electron chi connectivity index (χ4n) is 2.74. The van der Waals surface area contributed by atoms with Crippen molar-refractivity contribution in [3.8, 4) is 0 Å². The predicted octanol–water partition coefficient (Wildman–Crippen LogP) is 4.59. The Morgan fingerprint density at radius 1 is 1.63 bits per heavy atom. The largest absolute Gasteiger partial charge is 0.481 e. The van der Waals surface area contributed by atoms with Gasteiger partial charge in [-0.2, -0.15) is 0 Å². The second kappa shape index (κ2) is 6.74. The zero-order valence-electron chi connectivity index (χ0n) is 12.6. The summed E-state index contributed by atoms with van der Waals surface area (Å²) in [6.07, 6.45) is 7.14. The lowest BCUT2D eigenvalue weighted by Gasteiger charge is -2.25. The molecule has 2 heteroatoms. The molecule has 0 bridgehead atoms.